The Hall–Kier alpha value is -4.11. The predicted molar refractivity (Wildman–Crippen MR) is 125 cm³/mol. The van der Waals surface area contributed by atoms with Gasteiger partial charge in [-0.2, -0.15) is 13.2 Å². The van der Waals surface area contributed by atoms with E-state index >= 15 is 0 Å². The van der Waals surface area contributed by atoms with Gasteiger partial charge in [0.05, 0.1) is 12.7 Å². The predicted octanol–water partition coefficient (Wildman–Crippen LogP) is 5.03. The first-order chi connectivity index (χ1) is 16.7. The lowest BCUT2D eigenvalue weighted by Gasteiger charge is -2.14. The first-order valence-corrected chi connectivity index (χ1v) is 10.6. The molecule has 1 atom stereocenters. The van der Waals surface area contributed by atoms with Gasteiger partial charge in [-0.3, -0.25) is 9.59 Å². The fraction of sp³-hybridized carbons (Fsp3) is 0.154. The highest BCUT2D eigenvalue weighted by Gasteiger charge is 2.34. The topological polar surface area (TPSA) is 90.7 Å². The lowest BCUT2D eigenvalue weighted by atomic mass is 10.00. The molecular weight excluding hydrogens is 461 g/mol. The lowest BCUT2D eigenvalue weighted by Crippen LogP contribution is -2.33. The van der Waals surface area contributed by atoms with Crippen LogP contribution in [0.3, 0.4) is 0 Å². The standard InChI is InChI=1S/C26H21F3N2O4/c1-34-25(33)22(30)12-15-6-9-17(10-7-15)35-18-11-8-16(21(14-18)26(27,28)29)13-20-19-4-2-3-5-23(19)31-24(20)32/h2-11,13-14,22H,12,30H2,1H3,(H,31,32)/b20-13+. The van der Waals surface area contributed by atoms with E-state index in [-0.39, 0.29) is 23.3 Å². The van der Waals surface area contributed by atoms with Crippen LogP contribution >= 0.6 is 0 Å². The van der Waals surface area contributed by atoms with Gasteiger partial charge in [-0.1, -0.05) is 36.4 Å². The summed E-state index contributed by atoms with van der Waals surface area (Å²) >= 11 is 0. The smallest absolute Gasteiger partial charge is 0.417 e. The number of carbonyl (C=O) groups excluding carboxylic acids is 2. The van der Waals surface area contributed by atoms with Crippen molar-refractivity contribution >= 4 is 29.2 Å². The molecule has 0 aliphatic carbocycles. The summed E-state index contributed by atoms with van der Waals surface area (Å²) in [4.78, 5) is 23.8. The van der Waals surface area contributed by atoms with E-state index in [0.717, 1.165) is 11.6 Å². The Balaban J connectivity index is 1.59. The number of methoxy groups -OCH3 is 1. The molecule has 9 heteroatoms. The summed E-state index contributed by atoms with van der Waals surface area (Å²) in [6.45, 7) is 0. The van der Waals surface area contributed by atoms with Crippen LogP contribution in [0.4, 0.5) is 18.9 Å². The van der Waals surface area contributed by atoms with Crippen LogP contribution in [0.5, 0.6) is 11.5 Å². The Morgan fingerprint density at radius 3 is 2.43 bits per heavy atom. The maximum Gasteiger partial charge on any atom is 0.417 e. The third kappa shape index (κ3) is 5.36. The fourth-order valence-corrected chi connectivity index (χ4v) is 3.73. The van der Waals surface area contributed by atoms with Gasteiger partial charge in [-0.15, -0.1) is 0 Å². The van der Waals surface area contributed by atoms with Gasteiger partial charge in [-0.25, -0.2) is 0 Å². The molecule has 1 aliphatic rings. The molecule has 0 radical (unpaired) electrons. The number of alkyl halides is 3. The number of ether oxygens (including phenoxy) is 2. The average Bonchev–Trinajstić information content (AvgIpc) is 3.14. The molecule has 0 aromatic heterocycles. The summed E-state index contributed by atoms with van der Waals surface area (Å²) in [5, 5.41) is 2.65. The van der Waals surface area contributed by atoms with Gasteiger partial charge in [0.15, 0.2) is 0 Å². The largest absolute Gasteiger partial charge is 0.468 e. The molecule has 6 nitrogen and oxygen atoms in total. The Bertz CT molecular complexity index is 1300. The monoisotopic (exact) mass is 482 g/mol. The minimum Gasteiger partial charge on any atom is -0.468 e. The molecule has 1 heterocycles. The number of nitrogens with two attached hydrogens (primary N) is 1. The van der Waals surface area contributed by atoms with Crippen LogP contribution < -0.4 is 15.8 Å². The number of fused-ring (bicyclic) bond motifs is 1. The molecular formula is C26H21F3N2O4. The van der Waals surface area contributed by atoms with Gasteiger partial charge in [0, 0.05) is 16.8 Å². The van der Waals surface area contributed by atoms with Crippen molar-refractivity contribution in [2.24, 2.45) is 5.73 Å². The summed E-state index contributed by atoms with van der Waals surface area (Å²) in [7, 11) is 1.25. The van der Waals surface area contributed by atoms with E-state index in [1.165, 1.54) is 25.3 Å². The van der Waals surface area contributed by atoms with Crippen molar-refractivity contribution in [2.75, 3.05) is 12.4 Å². The van der Waals surface area contributed by atoms with Gasteiger partial charge in [0.1, 0.15) is 17.5 Å². The third-order valence-corrected chi connectivity index (χ3v) is 5.46. The SMILES string of the molecule is COC(=O)C(N)Cc1ccc(Oc2ccc(/C=C3/C(=O)Nc4ccccc43)c(C(F)(F)F)c2)cc1. The van der Waals surface area contributed by atoms with Crippen molar-refractivity contribution in [1.82, 2.24) is 0 Å². The quantitative estimate of drug-likeness (QED) is 0.380. The van der Waals surface area contributed by atoms with Crippen molar-refractivity contribution in [1.29, 1.82) is 0 Å². The third-order valence-electron chi connectivity index (χ3n) is 5.46. The van der Waals surface area contributed by atoms with Crippen LogP contribution in [-0.4, -0.2) is 25.0 Å². The van der Waals surface area contributed by atoms with Crippen LogP contribution in [0.1, 0.15) is 22.3 Å². The molecule has 0 saturated heterocycles. The minimum absolute atomic E-state index is 0.0187. The van der Waals surface area contributed by atoms with Gasteiger partial charge < -0.3 is 20.5 Å². The average molecular weight is 482 g/mol. The number of carbonyl (C=O) groups is 2. The highest BCUT2D eigenvalue weighted by atomic mass is 19.4. The number of hydrogen-bond donors (Lipinski definition) is 2. The van der Waals surface area contributed by atoms with Crippen molar-refractivity contribution in [2.45, 2.75) is 18.6 Å². The number of hydrogen-bond acceptors (Lipinski definition) is 5. The Morgan fingerprint density at radius 1 is 1.06 bits per heavy atom. The van der Waals surface area contributed by atoms with E-state index in [4.69, 9.17) is 10.5 Å². The van der Waals surface area contributed by atoms with Gasteiger partial charge in [0.2, 0.25) is 0 Å². The summed E-state index contributed by atoms with van der Waals surface area (Å²) in [6.07, 6.45) is -3.20. The second-order valence-corrected chi connectivity index (χ2v) is 7.88. The van der Waals surface area contributed by atoms with E-state index in [2.05, 4.69) is 10.1 Å². The Kier molecular flexibility index (Phi) is 6.61. The molecule has 3 aromatic rings. The Labute approximate surface area is 199 Å². The molecule has 0 saturated carbocycles. The van der Waals surface area contributed by atoms with Crippen molar-refractivity contribution in [3.63, 3.8) is 0 Å². The summed E-state index contributed by atoms with van der Waals surface area (Å²) in [5.74, 6) is -0.719. The van der Waals surface area contributed by atoms with Crippen LogP contribution in [0.25, 0.3) is 11.6 Å². The zero-order chi connectivity index (χ0) is 25.2. The maximum absolute atomic E-state index is 13.9. The molecule has 4 rings (SSSR count). The molecule has 1 unspecified atom stereocenters. The number of amides is 1. The zero-order valence-electron chi connectivity index (χ0n) is 18.6. The van der Waals surface area contributed by atoms with Crippen molar-refractivity contribution < 1.29 is 32.2 Å². The van der Waals surface area contributed by atoms with Crippen LogP contribution in [-0.2, 0) is 26.9 Å². The second kappa shape index (κ2) is 9.63. The van der Waals surface area contributed by atoms with E-state index in [1.807, 2.05) is 0 Å². The number of benzene rings is 3. The van der Waals surface area contributed by atoms with Gasteiger partial charge in [-0.05, 0) is 54.0 Å². The maximum atomic E-state index is 13.9. The first kappa shape index (κ1) is 24.0. The highest BCUT2D eigenvalue weighted by Crippen LogP contribution is 2.39. The number of anilines is 1. The molecule has 180 valence electrons. The molecule has 1 aliphatic heterocycles. The molecule has 0 fully saturated rings. The molecule has 3 N–H and O–H groups in total. The summed E-state index contributed by atoms with van der Waals surface area (Å²) in [6, 6.07) is 16.0. The van der Waals surface area contributed by atoms with E-state index in [0.29, 0.717) is 17.0 Å². The molecule has 1 amide bonds. The minimum atomic E-state index is -4.67. The molecule has 35 heavy (non-hydrogen) atoms. The normalized spacial score (nSPS) is 14.9. The zero-order valence-corrected chi connectivity index (χ0v) is 18.6. The Morgan fingerprint density at radius 2 is 1.74 bits per heavy atom. The first-order valence-electron chi connectivity index (χ1n) is 10.6. The number of nitrogens with one attached hydrogen (secondary N) is 1. The van der Waals surface area contributed by atoms with Gasteiger partial charge in [0.25, 0.3) is 5.91 Å². The van der Waals surface area contributed by atoms with E-state index < -0.39 is 29.7 Å². The van der Waals surface area contributed by atoms with Gasteiger partial charge >= 0.3 is 12.1 Å². The molecule has 0 bridgehead atoms. The number of halogens is 3. The summed E-state index contributed by atoms with van der Waals surface area (Å²) < 4.78 is 51.8. The number of para-hydroxylation sites is 1. The number of esters is 1. The van der Waals surface area contributed by atoms with E-state index in [1.54, 1.807) is 48.5 Å². The summed E-state index contributed by atoms with van der Waals surface area (Å²) in [5.41, 5.74) is 6.64. The molecule has 0 spiro atoms. The van der Waals surface area contributed by atoms with Crippen LogP contribution in [0.2, 0.25) is 0 Å². The van der Waals surface area contributed by atoms with Crippen LogP contribution in [0, 0.1) is 0 Å². The highest BCUT2D eigenvalue weighted by molar-refractivity contribution is 6.34. The van der Waals surface area contributed by atoms with Crippen molar-refractivity contribution in [3.8, 4) is 11.5 Å². The second-order valence-electron chi connectivity index (χ2n) is 7.88. The fourth-order valence-electron chi connectivity index (χ4n) is 3.73. The number of rotatable bonds is 6. The van der Waals surface area contributed by atoms with E-state index in [9.17, 15) is 22.8 Å². The molecule has 3 aromatic carbocycles. The van der Waals surface area contributed by atoms with Crippen LogP contribution in [0.15, 0.2) is 66.7 Å². The van der Waals surface area contributed by atoms with Crippen molar-refractivity contribution in [3.05, 3.63) is 89.0 Å². The lowest BCUT2D eigenvalue weighted by molar-refractivity contribution is -0.142.